The summed E-state index contributed by atoms with van der Waals surface area (Å²) in [5, 5.41) is 5.12. The highest BCUT2D eigenvalue weighted by molar-refractivity contribution is 6.36. The topological polar surface area (TPSA) is 12.0 Å². The van der Waals surface area contributed by atoms with E-state index in [1.54, 1.807) is 0 Å². The highest BCUT2D eigenvalue weighted by atomic mass is 35.5. The Kier molecular flexibility index (Phi) is 4.94. The van der Waals surface area contributed by atoms with Crippen LogP contribution in [-0.4, -0.2) is 13.1 Å². The van der Waals surface area contributed by atoms with Crippen molar-refractivity contribution in [2.24, 2.45) is 5.41 Å². The molecule has 0 aliphatic heterocycles. The monoisotopic (exact) mass is 285 g/mol. The fraction of sp³-hybridized carbons (Fsp3) is 0.600. The van der Waals surface area contributed by atoms with Crippen LogP contribution in [0.25, 0.3) is 0 Å². The minimum absolute atomic E-state index is 0.352. The van der Waals surface area contributed by atoms with Gasteiger partial charge >= 0.3 is 0 Å². The summed E-state index contributed by atoms with van der Waals surface area (Å²) in [4.78, 5) is 0. The molecule has 1 fully saturated rings. The van der Waals surface area contributed by atoms with Crippen LogP contribution >= 0.6 is 23.2 Å². The normalized spacial score (nSPS) is 18.2. The van der Waals surface area contributed by atoms with Gasteiger partial charge in [-0.25, -0.2) is 0 Å². The van der Waals surface area contributed by atoms with E-state index in [0.29, 0.717) is 5.41 Å². The molecule has 1 aliphatic carbocycles. The molecule has 3 heteroatoms. The molecular formula is C15H21Cl2N. The van der Waals surface area contributed by atoms with Crippen LogP contribution in [0.5, 0.6) is 0 Å². The number of nitrogens with one attached hydrogen (secondary N) is 1. The van der Waals surface area contributed by atoms with Crippen LogP contribution < -0.4 is 5.32 Å². The first kappa shape index (κ1) is 14.2. The third-order valence-electron chi connectivity index (χ3n) is 4.03. The van der Waals surface area contributed by atoms with E-state index in [9.17, 15) is 0 Å². The molecule has 0 aromatic heterocycles. The highest BCUT2D eigenvalue weighted by Gasteiger charge is 2.34. The molecule has 1 aliphatic rings. The van der Waals surface area contributed by atoms with Crippen LogP contribution in [0, 0.1) is 5.41 Å². The summed E-state index contributed by atoms with van der Waals surface area (Å²) in [5.41, 5.74) is 1.48. The van der Waals surface area contributed by atoms with Gasteiger partial charge in [-0.15, -0.1) is 0 Å². The van der Waals surface area contributed by atoms with Crippen LogP contribution in [0.2, 0.25) is 10.0 Å². The Hall–Kier alpha value is -0.240. The predicted molar refractivity (Wildman–Crippen MR) is 79.6 cm³/mol. The van der Waals surface area contributed by atoms with E-state index in [-0.39, 0.29) is 0 Å². The molecule has 0 saturated heterocycles. The van der Waals surface area contributed by atoms with Crippen molar-refractivity contribution < 1.29 is 0 Å². The van der Waals surface area contributed by atoms with Crippen molar-refractivity contribution in [1.29, 1.82) is 0 Å². The maximum atomic E-state index is 6.30. The maximum absolute atomic E-state index is 6.30. The first-order valence-electron chi connectivity index (χ1n) is 6.80. The Morgan fingerprint density at radius 1 is 1.17 bits per heavy atom. The van der Waals surface area contributed by atoms with E-state index in [0.717, 1.165) is 35.1 Å². The van der Waals surface area contributed by atoms with Gasteiger partial charge in [0.25, 0.3) is 0 Å². The number of rotatable bonds is 5. The van der Waals surface area contributed by atoms with Gasteiger partial charge in [-0.1, -0.05) is 49.0 Å². The molecule has 1 N–H and O–H groups in total. The van der Waals surface area contributed by atoms with Gasteiger partial charge in [-0.2, -0.15) is 0 Å². The van der Waals surface area contributed by atoms with Gasteiger partial charge in [0.15, 0.2) is 0 Å². The lowest BCUT2D eigenvalue weighted by Crippen LogP contribution is -2.34. The van der Waals surface area contributed by atoms with Crippen molar-refractivity contribution in [3.05, 3.63) is 33.8 Å². The minimum atomic E-state index is 0.352. The van der Waals surface area contributed by atoms with Gasteiger partial charge in [-0.3, -0.25) is 0 Å². The Labute approximate surface area is 120 Å². The Morgan fingerprint density at radius 3 is 2.33 bits per heavy atom. The lowest BCUT2D eigenvalue weighted by molar-refractivity contribution is 0.280. The summed E-state index contributed by atoms with van der Waals surface area (Å²) < 4.78 is 0. The van der Waals surface area contributed by atoms with Crippen LogP contribution in [0.3, 0.4) is 0 Å². The van der Waals surface area contributed by atoms with Gasteiger partial charge in [0.2, 0.25) is 0 Å². The van der Waals surface area contributed by atoms with Crippen molar-refractivity contribution in [3.63, 3.8) is 0 Å². The fourth-order valence-electron chi connectivity index (χ4n) is 3.01. The molecule has 0 atom stereocenters. The second kappa shape index (κ2) is 6.27. The summed E-state index contributed by atoms with van der Waals surface area (Å²) in [6, 6.07) is 5.80. The van der Waals surface area contributed by atoms with Gasteiger partial charge in [0.05, 0.1) is 0 Å². The fourth-order valence-corrected chi connectivity index (χ4v) is 3.54. The molecule has 1 nitrogen and oxygen atoms in total. The average Bonchev–Trinajstić information content (AvgIpc) is 2.81. The van der Waals surface area contributed by atoms with Gasteiger partial charge in [0, 0.05) is 16.6 Å². The van der Waals surface area contributed by atoms with E-state index in [4.69, 9.17) is 23.2 Å². The molecule has 18 heavy (non-hydrogen) atoms. The zero-order valence-electron chi connectivity index (χ0n) is 10.9. The van der Waals surface area contributed by atoms with E-state index in [2.05, 4.69) is 12.2 Å². The molecule has 0 bridgehead atoms. The Morgan fingerprint density at radius 2 is 1.78 bits per heavy atom. The van der Waals surface area contributed by atoms with Crippen molar-refractivity contribution in [2.75, 3.05) is 13.1 Å². The lowest BCUT2D eigenvalue weighted by atomic mass is 9.80. The van der Waals surface area contributed by atoms with Crippen molar-refractivity contribution in [3.8, 4) is 0 Å². The quantitative estimate of drug-likeness (QED) is 0.827. The summed E-state index contributed by atoms with van der Waals surface area (Å²) in [6.07, 6.45) is 6.21. The van der Waals surface area contributed by atoms with Gasteiger partial charge in [0.1, 0.15) is 0 Å². The molecule has 0 radical (unpaired) electrons. The van der Waals surface area contributed by atoms with E-state index >= 15 is 0 Å². The third kappa shape index (κ3) is 3.20. The number of hydrogen-bond donors (Lipinski definition) is 1. The van der Waals surface area contributed by atoms with Gasteiger partial charge < -0.3 is 5.32 Å². The van der Waals surface area contributed by atoms with Crippen molar-refractivity contribution in [1.82, 2.24) is 5.32 Å². The number of hydrogen-bond acceptors (Lipinski definition) is 1. The van der Waals surface area contributed by atoms with E-state index in [1.165, 1.54) is 25.7 Å². The third-order valence-corrected chi connectivity index (χ3v) is 4.74. The molecule has 1 saturated carbocycles. The molecule has 100 valence electrons. The summed E-state index contributed by atoms with van der Waals surface area (Å²) in [6.45, 7) is 4.26. The first-order chi connectivity index (χ1) is 8.67. The SMILES string of the molecule is CCNCC1(Cc2c(Cl)cccc2Cl)CCCC1. The molecule has 2 rings (SSSR count). The van der Waals surface area contributed by atoms with Crippen LogP contribution in [-0.2, 0) is 6.42 Å². The van der Waals surface area contributed by atoms with Crippen LogP contribution in [0.15, 0.2) is 18.2 Å². The Bertz CT molecular complexity index is 377. The Balaban J connectivity index is 2.18. The summed E-state index contributed by atoms with van der Waals surface area (Å²) in [5.74, 6) is 0. The first-order valence-corrected chi connectivity index (χ1v) is 7.56. The minimum Gasteiger partial charge on any atom is -0.316 e. The predicted octanol–water partition coefficient (Wildman–Crippen LogP) is 4.71. The standard InChI is InChI=1S/C15H21Cl2N/c1-2-18-11-15(8-3-4-9-15)10-12-13(16)6-5-7-14(12)17/h5-7,18H,2-4,8-11H2,1H3. The molecule has 1 aromatic carbocycles. The van der Waals surface area contributed by atoms with Crippen LogP contribution in [0.4, 0.5) is 0 Å². The molecule has 0 unspecified atom stereocenters. The average molecular weight is 286 g/mol. The lowest BCUT2D eigenvalue weighted by Gasteiger charge is -2.30. The molecule has 0 heterocycles. The number of halogens is 2. The maximum Gasteiger partial charge on any atom is 0.0453 e. The molecule has 0 spiro atoms. The van der Waals surface area contributed by atoms with E-state index in [1.807, 2.05) is 18.2 Å². The van der Waals surface area contributed by atoms with Gasteiger partial charge in [-0.05, 0) is 48.9 Å². The van der Waals surface area contributed by atoms with Crippen molar-refractivity contribution >= 4 is 23.2 Å². The smallest absolute Gasteiger partial charge is 0.0453 e. The zero-order valence-corrected chi connectivity index (χ0v) is 12.4. The zero-order chi connectivity index (χ0) is 13.0. The molecule has 0 amide bonds. The number of benzene rings is 1. The molecular weight excluding hydrogens is 265 g/mol. The second-order valence-corrected chi connectivity index (χ2v) is 6.18. The summed E-state index contributed by atoms with van der Waals surface area (Å²) in [7, 11) is 0. The van der Waals surface area contributed by atoms with Crippen molar-refractivity contribution in [2.45, 2.75) is 39.0 Å². The largest absolute Gasteiger partial charge is 0.316 e. The van der Waals surface area contributed by atoms with Crippen LogP contribution in [0.1, 0.15) is 38.2 Å². The highest BCUT2D eigenvalue weighted by Crippen LogP contribution is 2.42. The van der Waals surface area contributed by atoms with E-state index < -0.39 is 0 Å². The summed E-state index contributed by atoms with van der Waals surface area (Å²) >= 11 is 12.6. The molecule has 1 aromatic rings. The second-order valence-electron chi connectivity index (χ2n) is 5.36.